The zero-order valence-corrected chi connectivity index (χ0v) is 14.0. The molecule has 26 heavy (non-hydrogen) atoms. The lowest BCUT2D eigenvalue weighted by Crippen LogP contribution is -2.23. The van der Waals surface area contributed by atoms with E-state index < -0.39 is 11.2 Å². The predicted molar refractivity (Wildman–Crippen MR) is 94.7 cm³/mol. The number of hydrogen-bond acceptors (Lipinski definition) is 5. The van der Waals surface area contributed by atoms with Crippen LogP contribution in [0.5, 0.6) is 0 Å². The molecule has 0 amide bonds. The molecule has 0 bridgehead atoms. The summed E-state index contributed by atoms with van der Waals surface area (Å²) in [4.78, 5) is 27.8. The lowest BCUT2D eigenvalue weighted by atomic mass is 10.0. The normalized spacial score (nSPS) is 18.3. The van der Waals surface area contributed by atoms with E-state index in [1.54, 1.807) is 6.07 Å². The Morgan fingerprint density at radius 2 is 1.92 bits per heavy atom. The molecule has 0 aliphatic heterocycles. The van der Waals surface area contributed by atoms with Crippen LogP contribution in [0.4, 0.5) is 0 Å². The first-order valence-electron chi connectivity index (χ1n) is 8.23. The third-order valence-corrected chi connectivity index (χ3v) is 4.72. The van der Waals surface area contributed by atoms with Gasteiger partial charge in [-0.2, -0.15) is 5.26 Å². The number of benzene rings is 1. The Kier molecular flexibility index (Phi) is 3.73. The summed E-state index contributed by atoms with van der Waals surface area (Å²) < 4.78 is 0. The zero-order valence-electron chi connectivity index (χ0n) is 14.0. The second kappa shape index (κ2) is 6.08. The van der Waals surface area contributed by atoms with Crippen molar-refractivity contribution in [3.05, 3.63) is 79.8 Å². The average molecular weight is 345 g/mol. The molecule has 1 aliphatic rings. The van der Waals surface area contributed by atoms with Gasteiger partial charge in [-0.3, -0.25) is 9.78 Å². The molecule has 0 radical (unpaired) electrons. The van der Waals surface area contributed by atoms with Gasteiger partial charge in [-0.15, -0.1) is 10.2 Å². The van der Waals surface area contributed by atoms with Gasteiger partial charge in [0.25, 0.3) is 5.56 Å². The molecule has 1 saturated carbocycles. The molecule has 4 rings (SSSR count). The Morgan fingerprint density at radius 1 is 1.15 bits per heavy atom. The maximum atomic E-state index is 12.0. The van der Waals surface area contributed by atoms with E-state index in [-0.39, 0.29) is 17.2 Å². The SMILES string of the molecule is Cc1ccc([C@H]2C[C@@H]2c2cc(-c3c[nH]c(=O)[nH]c3=O)nnc2C#N)cc1. The highest BCUT2D eigenvalue weighted by Gasteiger charge is 2.41. The van der Waals surface area contributed by atoms with Crippen LogP contribution >= 0.6 is 0 Å². The lowest BCUT2D eigenvalue weighted by molar-refractivity contribution is 0.934. The zero-order chi connectivity index (χ0) is 18.3. The summed E-state index contributed by atoms with van der Waals surface area (Å²) in [7, 11) is 0. The fourth-order valence-corrected chi connectivity index (χ4v) is 3.23. The highest BCUT2D eigenvalue weighted by atomic mass is 16.2. The summed E-state index contributed by atoms with van der Waals surface area (Å²) in [5.41, 5.74) is 2.93. The van der Waals surface area contributed by atoms with Crippen LogP contribution in [0.3, 0.4) is 0 Å². The highest BCUT2D eigenvalue weighted by Crippen LogP contribution is 2.55. The second-order valence-corrected chi connectivity index (χ2v) is 6.49. The molecule has 7 nitrogen and oxygen atoms in total. The second-order valence-electron chi connectivity index (χ2n) is 6.49. The quantitative estimate of drug-likeness (QED) is 0.753. The summed E-state index contributed by atoms with van der Waals surface area (Å²) in [6.07, 6.45) is 2.23. The van der Waals surface area contributed by atoms with Crippen molar-refractivity contribution in [2.45, 2.75) is 25.2 Å². The molecule has 2 aromatic heterocycles. The van der Waals surface area contributed by atoms with Gasteiger partial charge in [0.05, 0.1) is 5.56 Å². The molecule has 0 spiro atoms. The van der Waals surface area contributed by atoms with Crippen molar-refractivity contribution in [1.29, 1.82) is 5.26 Å². The Labute approximate surface area is 148 Å². The van der Waals surface area contributed by atoms with Crippen LogP contribution in [-0.4, -0.2) is 20.2 Å². The number of aryl methyl sites for hydroxylation is 1. The number of aromatic amines is 2. The van der Waals surface area contributed by atoms with Gasteiger partial charge in [-0.25, -0.2) is 4.79 Å². The molecule has 7 heteroatoms. The summed E-state index contributed by atoms with van der Waals surface area (Å²) in [5.74, 6) is 0.497. The predicted octanol–water partition coefficient (Wildman–Crippen LogP) is 1.97. The van der Waals surface area contributed by atoms with Crippen LogP contribution in [0, 0.1) is 18.3 Å². The number of nitrogens with one attached hydrogen (secondary N) is 2. The lowest BCUT2D eigenvalue weighted by Gasteiger charge is -2.06. The first kappa shape index (κ1) is 16.0. The van der Waals surface area contributed by atoms with Crippen LogP contribution in [0.2, 0.25) is 0 Å². The molecule has 1 fully saturated rings. The topological polar surface area (TPSA) is 115 Å². The maximum absolute atomic E-state index is 12.0. The Bertz CT molecular complexity index is 1140. The molecular formula is C19H15N5O2. The molecule has 0 unspecified atom stereocenters. The summed E-state index contributed by atoms with van der Waals surface area (Å²) in [5, 5.41) is 17.3. The minimum Gasteiger partial charge on any atom is -0.313 e. The number of rotatable bonds is 3. The van der Waals surface area contributed by atoms with E-state index in [1.807, 2.05) is 6.92 Å². The third-order valence-electron chi connectivity index (χ3n) is 4.72. The first-order valence-corrected chi connectivity index (χ1v) is 8.23. The molecule has 1 aliphatic carbocycles. The molecule has 0 saturated heterocycles. The van der Waals surface area contributed by atoms with E-state index in [2.05, 4.69) is 50.5 Å². The van der Waals surface area contributed by atoms with Gasteiger partial charge in [0.1, 0.15) is 11.8 Å². The summed E-state index contributed by atoms with van der Waals surface area (Å²) in [6, 6.07) is 12.2. The highest BCUT2D eigenvalue weighted by molar-refractivity contribution is 5.59. The van der Waals surface area contributed by atoms with Crippen LogP contribution < -0.4 is 11.2 Å². The number of nitrogens with zero attached hydrogens (tertiary/aromatic N) is 3. The van der Waals surface area contributed by atoms with Crippen molar-refractivity contribution in [3.8, 4) is 17.3 Å². The largest absolute Gasteiger partial charge is 0.325 e. The number of H-pyrrole nitrogens is 2. The van der Waals surface area contributed by atoms with Crippen molar-refractivity contribution in [2.24, 2.45) is 0 Å². The fourth-order valence-electron chi connectivity index (χ4n) is 3.23. The standard InChI is InChI=1S/C19H15N5O2/c1-10-2-4-11(5-3-10)12-6-13(12)14-7-16(23-24-17(14)8-20)15-9-21-19(26)22-18(15)25/h2-5,7,9,12-13H,6H2,1H3,(H2,21,22,25,26)/t12-,13+/m1/s1. The van der Waals surface area contributed by atoms with Crippen molar-refractivity contribution < 1.29 is 0 Å². The number of nitriles is 1. The Morgan fingerprint density at radius 3 is 2.62 bits per heavy atom. The molecule has 2 heterocycles. The number of hydrogen-bond donors (Lipinski definition) is 2. The van der Waals surface area contributed by atoms with E-state index in [1.165, 1.54) is 17.3 Å². The van der Waals surface area contributed by atoms with Gasteiger partial charge in [0.2, 0.25) is 0 Å². The van der Waals surface area contributed by atoms with Crippen molar-refractivity contribution in [1.82, 2.24) is 20.2 Å². The molecule has 3 aromatic rings. The maximum Gasteiger partial charge on any atom is 0.325 e. The smallest absolute Gasteiger partial charge is 0.313 e. The summed E-state index contributed by atoms with van der Waals surface area (Å²) in [6.45, 7) is 2.04. The Hall–Kier alpha value is -3.53. The van der Waals surface area contributed by atoms with Gasteiger partial charge in [-0.05, 0) is 42.4 Å². The molecular weight excluding hydrogens is 330 g/mol. The van der Waals surface area contributed by atoms with Crippen LogP contribution in [0.1, 0.15) is 40.6 Å². The number of aromatic nitrogens is 4. The Balaban J connectivity index is 1.72. The fraction of sp³-hybridized carbons (Fsp3) is 0.211. The molecule has 128 valence electrons. The van der Waals surface area contributed by atoms with Crippen LogP contribution in [0.15, 0.2) is 46.1 Å². The minimum atomic E-state index is -0.581. The monoisotopic (exact) mass is 345 g/mol. The molecule has 2 atom stereocenters. The third kappa shape index (κ3) is 2.82. The van der Waals surface area contributed by atoms with E-state index in [0.717, 1.165) is 12.0 Å². The van der Waals surface area contributed by atoms with Gasteiger partial charge in [0.15, 0.2) is 5.69 Å². The van der Waals surface area contributed by atoms with Crippen LogP contribution in [0.25, 0.3) is 11.3 Å². The van der Waals surface area contributed by atoms with Crippen molar-refractivity contribution in [2.75, 3.05) is 0 Å². The van der Waals surface area contributed by atoms with Crippen molar-refractivity contribution >= 4 is 0 Å². The van der Waals surface area contributed by atoms with E-state index in [0.29, 0.717) is 11.6 Å². The van der Waals surface area contributed by atoms with Gasteiger partial charge in [-0.1, -0.05) is 29.8 Å². The summed E-state index contributed by atoms with van der Waals surface area (Å²) >= 11 is 0. The van der Waals surface area contributed by atoms with Crippen LogP contribution in [-0.2, 0) is 0 Å². The molecule has 1 aromatic carbocycles. The van der Waals surface area contributed by atoms with E-state index >= 15 is 0 Å². The average Bonchev–Trinajstić information content (AvgIpc) is 3.42. The molecule has 2 N–H and O–H groups in total. The minimum absolute atomic E-state index is 0.170. The first-order chi connectivity index (χ1) is 12.6. The van der Waals surface area contributed by atoms with Crippen molar-refractivity contribution in [3.63, 3.8) is 0 Å². The van der Waals surface area contributed by atoms with Gasteiger partial charge in [0, 0.05) is 6.20 Å². The van der Waals surface area contributed by atoms with Gasteiger partial charge >= 0.3 is 5.69 Å². The van der Waals surface area contributed by atoms with E-state index in [9.17, 15) is 14.9 Å². The van der Waals surface area contributed by atoms with Gasteiger partial charge < -0.3 is 4.98 Å². The van der Waals surface area contributed by atoms with E-state index in [4.69, 9.17) is 0 Å².